The van der Waals surface area contributed by atoms with Gasteiger partial charge in [0, 0.05) is 43.7 Å². The number of nitrogens with zero attached hydrogens (tertiary/aromatic N) is 2. The Morgan fingerprint density at radius 3 is 1.61 bits per heavy atom. The molecule has 2 amide bonds. The van der Waals surface area contributed by atoms with Gasteiger partial charge in [0.05, 0.1) is 24.3 Å². The molecule has 0 radical (unpaired) electrons. The van der Waals surface area contributed by atoms with E-state index >= 15 is 0 Å². The lowest BCUT2D eigenvalue weighted by atomic mass is 9.93. The van der Waals surface area contributed by atoms with Crippen LogP contribution in [0.3, 0.4) is 0 Å². The van der Waals surface area contributed by atoms with E-state index in [0.717, 1.165) is 44.2 Å². The van der Waals surface area contributed by atoms with Crippen molar-refractivity contribution in [2.24, 2.45) is 5.92 Å². The molecule has 62 heavy (non-hydrogen) atoms. The Labute approximate surface area is 381 Å². The molecule has 7 nitrogen and oxygen atoms in total. The van der Waals surface area contributed by atoms with E-state index in [4.69, 9.17) is 14.2 Å². The quantitative estimate of drug-likeness (QED) is 0.124. The van der Waals surface area contributed by atoms with Gasteiger partial charge in [0.2, 0.25) is 11.8 Å². The molecular weight excluding hydrogens is 837 g/mol. The average Bonchev–Trinajstić information content (AvgIpc) is 4.08. The Bertz CT molecular complexity index is 2020. The van der Waals surface area contributed by atoms with Crippen molar-refractivity contribution in [3.8, 4) is 0 Å². The van der Waals surface area contributed by atoms with Crippen LogP contribution in [0.1, 0.15) is 114 Å². The van der Waals surface area contributed by atoms with Crippen molar-refractivity contribution in [3.05, 3.63) is 168 Å². The second-order valence-corrected chi connectivity index (χ2v) is 17.7. The number of carbonyl (C=O) groups excluding carboxylic acids is 2. The second-order valence-electron chi connectivity index (χ2n) is 17.0. The summed E-state index contributed by atoms with van der Waals surface area (Å²) in [5.74, 6) is 0.209. The monoisotopic (exact) mass is 906 g/mol. The Hall–Kier alpha value is -4.34. The fourth-order valence-corrected chi connectivity index (χ4v) is 9.37. The summed E-state index contributed by atoms with van der Waals surface area (Å²) < 4.78 is 17.5. The first-order valence-electron chi connectivity index (χ1n) is 21.6. The summed E-state index contributed by atoms with van der Waals surface area (Å²) in [5, 5.41) is 0.896. The van der Waals surface area contributed by atoms with Crippen LogP contribution in [0.5, 0.6) is 0 Å². The zero-order valence-electron chi connectivity index (χ0n) is 35.9. The number of aryl methyl sites for hydroxylation is 1. The number of halogens is 1. The van der Waals surface area contributed by atoms with Gasteiger partial charge in [0.1, 0.15) is 11.4 Å². The van der Waals surface area contributed by atoms with E-state index in [-0.39, 0.29) is 56.9 Å². The summed E-state index contributed by atoms with van der Waals surface area (Å²) >= 11 is 3.13. The summed E-state index contributed by atoms with van der Waals surface area (Å²) in [6, 6.07) is 37.3. The van der Waals surface area contributed by atoms with Crippen molar-refractivity contribution in [1.29, 1.82) is 0 Å². The number of alkyl halides is 1. The highest BCUT2D eigenvalue weighted by Crippen LogP contribution is 2.50. The van der Waals surface area contributed by atoms with Gasteiger partial charge in [-0.3, -0.25) is 9.59 Å². The van der Waals surface area contributed by atoms with E-state index in [1.165, 1.54) is 46.2 Å². The van der Waals surface area contributed by atoms with Gasteiger partial charge < -0.3 is 24.0 Å². The molecule has 2 aliphatic carbocycles. The Morgan fingerprint density at radius 1 is 0.694 bits per heavy atom. The molecule has 0 unspecified atom stereocenters. The minimum Gasteiger partial charge on any atom is -0.381 e. The van der Waals surface area contributed by atoms with Gasteiger partial charge in [-0.05, 0) is 93.2 Å². The summed E-state index contributed by atoms with van der Waals surface area (Å²) in [7, 11) is 0. The first-order chi connectivity index (χ1) is 29.0. The maximum Gasteiger partial charge on any atom is 0.229 e. The van der Waals surface area contributed by atoms with Crippen molar-refractivity contribution in [3.63, 3.8) is 0 Å². The molecule has 334 valence electrons. The summed E-state index contributed by atoms with van der Waals surface area (Å²) in [6.45, 7) is 17.4. The van der Waals surface area contributed by atoms with Gasteiger partial charge in [-0.2, -0.15) is 0 Å². The zero-order valence-corrected chi connectivity index (χ0v) is 37.5. The molecular formula is C54H71BrN2O5. The van der Waals surface area contributed by atoms with Gasteiger partial charge >= 0.3 is 0 Å². The molecule has 5 aliphatic rings. The molecule has 3 saturated heterocycles. The molecule has 0 N–H and O–H groups in total. The molecule has 4 aromatic carbocycles. The lowest BCUT2D eigenvalue weighted by Crippen LogP contribution is -2.47. The highest BCUT2D eigenvalue weighted by atomic mass is 79.9. The van der Waals surface area contributed by atoms with Crippen molar-refractivity contribution < 1.29 is 23.8 Å². The van der Waals surface area contributed by atoms with Crippen LogP contribution in [0, 0.1) is 5.92 Å². The van der Waals surface area contributed by atoms with Crippen LogP contribution < -0.4 is 0 Å². The molecule has 4 aromatic rings. The largest absolute Gasteiger partial charge is 0.381 e. The van der Waals surface area contributed by atoms with Crippen molar-refractivity contribution in [2.75, 3.05) is 18.5 Å². The number of hydrogen-bond acceptors (Lipinski definition) is 5. The number of hydrogen-bond donors (Lipinski definition) is 0. The lowest BCUT2D eigenvalue weighted by Gasteiger charge is -2.36. The van der Waals surface area contributed by atoms with Crippen LogP contribution in [0.25, 0.3) is 0 Å². The smallest absolute Gasteiger partial charge is 0.229 e. The van der Waals surface area contributed by atoms with Gasteiger partial charge in [-0.15, -0.1) is 13.2 Å². The maximum absolute atomic E-state index is 13.7. The molecule has 9 rings (SSSR count). The number of fused-ring (bicyclic) bond motifs is 6. The standard InChI is InChI=1S/C24H27NO2.C21H23NO2.C4H8O.C3H5Br.2CH4/c1-4-10-19(15-17-11-6-5-7-12-17)23(26)25-22-20-14-9-8-13-18(20)16-21(22)27-24(25,2)3;1-21(2)22(19(23)13-12-15-8-4-3-5-9-15)20-17-11-7-6-10-16(17)14-18(20)24-21;1-2-4-5-3-1;1-2-3-4;;/h4-9,11-14,19,21-22H,1,10,15-16H2,2-3H3;3-11,18,20H,12-14H2,1-2H3;1-4H2;2H,1,3H2;2*1H4/t19-,21+,22-;18-,20+;;;;/m01..../s1. The van der Waals surface area contributed by atoms with Crippen LogP contribution in [0.4, 0.5) is 0 Å². The van der Waals surface area contributed by atoms with Crippen LogP contribution in [-0.2, 0) is 49.5 Å². The predicted octanol–water partition coefficient (Wildman–Crippen LogP) is 12.2. The molecule has 0 bridgehead atoms. The predicted molar refractivity (Wildman–Crippen MR) is 258 cm³/mol. The van der Waals surface area contributed by atoms with Crippen molar-refractivity contribution in [1.82, 2.24) is 9.80 Å². The average molecular weight is 908 g/mol. The number of allylic oxidation sites excluding steroid dienone is 2. The first-order valence-corrected chi connectivity index (χ1v) is 22.7. The topological polar surface area (TPSA) is 68.3 Å². The van der Waals surface area contributed by atoms with Crippen LogP contribution >= 0.6 is 15.9 Å². The molecule has 3 fully saturated rings. The molecule has 8 heteroatoms. The molecule has 0 saturated carbocycles. The SMILES string of the molecule is C.C.C1CCOC1.C=CCBr.C=CC[C@@H](Cc1ccccc1)C(=O)N1[C@H]2c3ccccc3C[C@H]2OC1(C)C.CC1(C)O[C@@H]2Cc3ccccc3[C@@H]2N1C(=O)CCc1ccccc1. The minimum absolute atomic E-state index is 0. The molecule has 5 atom stereocenters. The van der Waals surface area contributed by atoms with E-state index in [0.29, 0.717) is 12.8 Å². The Kier molecular flexibility index (Phi) is 19.0. The fraction of sp³-hybridized carbons (Fsp3) is 0.444. The number of amides is 2. The minimum atomic E-state index is -0.601. The normalized spacial score (nSPS) is 21.8. The van der Waals surface area contributed by atoms with E-state index < -0.39 is 11.4 Å². The van der Waals surface area contributed by atoms with Crippen LogP contribution in [0.2, 0.25) is 0 Å². The van der Waals surface area contributed by atoms with E-state index in [1.807, 2.05) is 80.0 Å². The number of benzene rings is 4. The highest BCUT2D eigenvalue weighted by Gasteiger charge is 2.55. The number of carbonyl (C=O) groups is 2. The van der Waals surface area contributed by atoms with E-state index in [1.54, 1.807) is 6.08 Å². The van der Waals surface area contributed by atoms with Crippen molar-refractivity contribution >= 4 is 27.7 Å². The molecule has 3 aliphatic heterocycles. The van der Waals surface area contributed by atoms with Gasteiger partial charge in [0.15, 0.2) is 0 Å². The van der Waals surface area contributed by atoms with E-state index in [9.17, 15) is 9.59 Å². The lowest BCUT2D eigenvalue weighted by molar-refractivity contribution is -0.152. The fourth-order valence-electron chi connectivity index (χ4n) is 9.37. The summed E-state index contributed by atoms with van der Waals surface area (Å²) in [5.41, 5.74) is 6.32. The van der Waals surface area contributed by atoms with Gasteiger partial charge in [-0.25, -0.2) is 0 Å². The van der Waals surface area contributed by atoms with E-state index in [2.05, 4.69) is 102 Å². The van der Waals surface area contributed by atoms with Crippen LogP contribution in [0.15, 0.2) is 135 Å². The summed E-state index contributed by atoms with van der Waals surface area (Å²) in [6.07, 6.45) is 10.8. The van der Waals surface area contributed by atoms with Crippen LogP contribution in [-0.4, -0.2) is 63.8 Å². The van der Waals surface area contributed by atoms with Crippen molar-refractivity contribution in [2.45, 2.75) is 130 Å². The molecule has 0 spiro atoms. The third-order valence-corrected chi connectivity index (χ3v) is 12.4. The number of rotatable bonds is 9. The zero-order chi connectivity index (χ0) is 42.7. The second kappa shape index (κ2) is 23.4. The first kappa shape index (κ1) is 50.3. The van der Waals surface area contributed by atoms with Gasteiger partial charge in [-0.1, -0.05) is 152 Å². The Morgan fingerprint density at radius 2 is 1.15 bits per heavy atom. The summed E-state index contributed by atoms with van der Waals surface area (Å²) in [4.78, 5) is 30.7. The third kappa shape index (κ3) is 12.0. The Balaban J connectivity index is 0.000000222. The molecule has 0 aromatic heterocycles. The highest BCUT2D eigenvalue weighted by molar-refractivity contribution is 9.09. The number of ether oxygens (including phenoxy) is 3. The molecule has 3 heterocycles. The maximum atomic E-state index is 13.7. The third-order valence-electron chi connectivity index (χ3n) is 11.9. The van der Waals surface area contributed by atoms with Gasteiger partial charge in [0.25, 0.3) is 0 Å².